The molecule has 0 aliphatic rings. The number of halogens is 2. The van der Waals surface area contributed by atoms with Gasteiger partial charge in [-0.25, -0.2) is 0 Å². The summed E-state index contributed by atoms with van der Waals surface area (Å²) < 4.78 is 5.59. The number of carbonyl (C=O) groups is 2. The van der Waals surface area contributed by atoms with Crippen LogP contribution in [0.15, 0.2) is 12.1 Å². The molecule has 5 nitrogen and oxygen atoms in total. The van der Waals surface area contributed by atoms with Crippen molar-refractivity contribution in [3.05, 3.63) is 27.7 Å². The van der Waals surface area contributed by atoms with Gasteiger partial charge in [0.25, 0.3) is 5.91 Å². The summed E-state index contributed by atoms with van der Waals surface area (Å²) in [6, 6.07) is 3.24. The minimum atomic E-state index is -1.16. The Morgan fingerprint density at radius 2 is 1.83 bits per heavy atom. The Balaban J connectivity index is 2.90. The second-order valence-corrected chi connectivity index (χ2v) is 6.74. The van der Waals surface area contributed by atoms with Gasteiger partial charge < -0.3 is 15.8 Å². The zero-order valence-corrected chi connectivity index (χ0v) is 15.4. The predicted octanol–water partition coefficient (Wildman–Crippen LogP) is 3.09. The monoisotopic (exact) mass is 360 g/mol. The van der Waals surface area contributed by atoms with E-state index in [2.05, 4.69) is 5.32 Å². The predicted molar refractivity (Wildman–Crippen MR) is 91.9 cm³/mol. The van der Waals surface area contributed by atoms with E-state index in [9.17, 15) is 9.59 Å². The number of ether oxygens (including phenoxy) is 1. The summed E-state index contributed by atoms with van der Waals surface area (Å²) in [6.07, 6.45) is -0.856. The first-order chi connectivity index (χ1) is 10.5. The summed E-state index contributed by atoms with van der Waals surface area (Å²) in [5.74, 6) is -0.879. The van der Waals surface area contributed by atoms with Gasteiger partial charge in [0, 0.05) is 5.02 Å². The van der Waals surface area contributed by atoms with Crippen LogP contribution in [0.25, 0.3) is 0 Å². The van der Waals surface area contributed by atoms with Crippen molar-refractivity contribution in [2.45, 2.75) is 46.3 Å². The fourth-order valence-corrected chi connectivity index (χ4v) is 2.23. The largest absolute Gasteiger partial charge is 0.479 e. The van der Waals surface area contributed by atoms with Crippen LogP contribution < -0.4 is 15.8 Å². The van der Waals surface area contributed by atoms with Crippen LogP contribution in [0.3, 0.4) is 0 Å². The maximum absolute atomic E-state index is 12.3. The van der Waals surface area contributed by atoms with Gasteiger partial charge in [-0.05, 0) is 44.4 Å². The third-order valence-electron chi connectivity index (χ3n) is 4.01. The summed E-state index contributed by atoms with van der Waals surface area (Å²) in [6.45, 7) is 8.51. The molecule has 0 saturated carbocycles. The summed E-state index contributed by atoms with van der Waals surface area (Å²) in [5.41, 5.74) is 4.91. The molecule has 1 rings (SSSR count). The first-order valence-corrected chi connectivity index (χ1v) is 7.99. The van der Waals surface area contributed by atoms with Crippen LogP contribution >= 0.6 is 23.2 Å². The van der Waals surface area contributed by atoms with Crippen LogP contribution in [0.1, 0.15) is 33.3 Å². The quantitative estimate of drug-likeness (QED) is 0.817. The van der Waals surface area contributed by atoms with E-state index in [-0.39, 0.29) is 5.92 Å². The Morgan fingerprint density at radius 1 is 1.26 bits per heavy atom. The third-order valence-corrected chi connectivity index (χ3v) is 4.89. The lowest BCUT2D eigenvalue weighted by molar-refractivity contribution is -0.136. The van der Waals surface area contributed by atoms with Crippen molar-refractivity contribution in [1.82, 2.24) is 5.32 Å². The van der Waals surface area contributed by atoms with Gasteiger partial charge in [0.1, 0.15) is 11.3 Å². The normalized spacial score (nSPS) is 15.0. The number of amides is 2. The van der Waals surface area contributed by atoms with Gasteiger partial charge in [-0.3, -0.25) is 9.59 Å². The van der Waals surface area contributed by atoms with Crippen molar-refractivity contribution in [2.75, 3.05) is 0 Å². The standard InChI is InChI=1S/C16H22Cl2N2O3/c1-8(2)16(5,15(19)22)20-14(21)10(4)23-12-7-6-11(17)9(3)13(12)18/h6-8,10H,1-5H3,(H2,19,22)(H,20,21). The minimum Gasteiger partial charge on any atom is -0.479 e. The Bertz CT molecular complexity index is 620. The molecule has 0 aliphatic heterocycles. The number of hydrogen-bond donors (Lipinski definition) is 2. The van der Waals surface area contributed by atoms with Gasteiger partial charge in [0.05, 0.1) is 5.02 Å². The van der Waals surface area contributed by atoms with Gasteiger partial charge in [0.15, 0.2) is 6.10 Å². The smallest absolute Gasteiger partial charge is 0.261 e. The van der Waals surface area contributed by atoms with E-state index in [4.69, 9.17) is 33.7 Å². The Kier molecular flexibility index (Phi) is 6.31. The lowest BCUT2D eigenvalue weighted by Gasteiger charge is -2.32. The van der Waals surface area contributed by atoms with Crippen LogP contribution in [-0.2, 0) is 9.59 Å². The Labute approximate surface area is 146 Å². The highest BCUT2D eigenvalue weighted by molar-refractivity contribution is 6.36. The van der Waals surface area contributed by atoms with E-state index in [1.165, 1.54) is 0 Å². The first kappa shape index (κ1) is 19.6. The van der Waals surface area contributed by atoms with Crippen LogP contribution in [-0.4, -0.2) is 23.5 Å². The second-order valence-electron chi connectivity index (χ2n) is 5.96. The number of nitrogens with one attached hydrogen (secondary N) is 1. The van der Waals surface area contributed by atoms with E-state index < -0.39 is 23.5 Å². The van der Waals surface area contributed by atoms with E-state index in [0.29, 0.717) is 21.4 Å². The third kappa shape index (κ3) is 4.30. The summed E-state index contributed by atoms with van der Waals surface area (Å²) in [4.78, 5) is 24.0. The molecule has 0 heterocycles. The fourth-order valence-electron chi connectivity index (χ4n) is 1.82. The highest BCUT2D eigenvalue weighted by Gasteiger charge is 2.37. The average Bonchev–Trinajstić information content (AvgIpc) is 2.47. The van der Waals surface area contributed by atoms with Crippen LogP contribution in [0.4, 0.5) is 0 Å². The van der Waals surface area contributed by atoms with Crippen molar-refractivity contribution in [3.63, 3.8) is 0 Å². The number of primary amides is 1. The Hall–Kier alpha value is -1.46. The fraction of sp³-hybridized carbons (Fsp3) is 0.500. The summed E-state index contributed by atoms with van der Waals surface area (Å²) in [7, 11) is 0. The van der Waals surface area contributed by atoms with Crippen molar-refractivity contribution < 1.29 is 14.3 Å². The van der Waals surface area contributed by atoms with Crippen LogP contribution in [0.5, 0.6) is 5.75 Å². The van der Waals surface area contributed by atoms with Gasteiger partial charge in [-0.1, -0.05) is 37.0 Å². The number of benzene rings is 1. The van der Waals surface area contributed by atoms with Crippen molar-refractivity contribution in [3.8, 4) is 5.75 Å². The van der Waals surface area contributed by atoms with Crippen molar-refractivity contribution in [1.29, 1.82) is 0 Å². The zero-order valence-electron chi connectivity index (χ0n) is 13.9. The van der Waals surface area contributed by atoms with E-state index in [1.54, 1.807) is 46.8 Å². The van der Waals surface area contributed by atoms with E-state index in [1.807, 2.05) is 0 Å². The summed E-state index contributed by atoms with van der Waals surface area (Å²) in [5, 5.41) is 3.51. The summed E-state index contributed by atoms with van der Waals surface area (Å²) >= 11 is 12.1. The SMILES string of the molecule is Cc1c(Cl)ccc(OC(C)C(=O)NC(C)(C(N)=O)C(C)C)c1Cl. The first-order valence-electron chi connectivity index (χ1n) is 7.23. The maximum Gasteiger partial charge on any atom is 0.261 e. The number of carbonyl (C=O) groups excluding carboxylic acids is 2. The second kappa shape index (κ2) is 7.41. The topological polar surface area (TPSA) is 81.4 Å². The molecule has 0 bridgehead atoms. The minimum absolute atomic E-state index is 0.169. The van der Waals surface area contributed by atoms with Crippen molar-refractivity contribution in [2.24, 2.45) is 11.7 Å². The molecule has 23 heavy (non-hydrogen) atoms. The highest BCUT2D eigenvalue weighted by Crippen LogP contribution is 2.33. The van der Waals surface area contributed by atoms with Gasteiger partial charge in [-0.15, -0.1) is 0 Å². The van der Waals surface area contributed by atoms with Crippen molar-refractivity contribution >= 4 is 35.0 Å². The number of nitrogens with two attached hydrogens (primary N) is 1. The molecule has 2 amide bonds. The van der Waals surface area contributed by atoms with E-state index in [0.717, 1.165) is 0 Å². The zero-order chi connectivity index (χ0) is 17.9. The van der Waals surface area contributed by atoms with Crippen LogP contribution in [0.2, 0.25) is 10.0 Å². The molecule has 128 valence electrons. The molecule has 2 unspecified atom stereocenters. The lowest BCUT2D eigenvalue weighted by Crippen LogP contribution is -2.60. The van der Waals surface area contributed by atoms with E-state index >= 15 is 0 Å². The lowest BCUT2D eigenvalue weighted by atomic mass is 9.87. The average molecular weight is 361 g/mol. The molecule has 0 saturated heterocycles. The molecular weight excluding hydrogens is 339 g/mol. The molecule has 7 heteroatoms. The van der Waals surface area contributed by atoms with Gasteiger partial charge in [-0.2, -0.15) is 0 Å². The molecule has 1 aromatic rings. The Morgan fingerprint density at radius 3 is 2.30 bits per heavy atom. The number of hydrogen-bond acceptors (Lipinski definition) is 3. The molecule has 0 aliphatic carbocycles. The molecule has 0 fully saturated rings. The van der Waals surface area contributed by atoms with Gasteiger partial charge >= 0.3 is 0 Å². The molecule has 3 N–H and O–H groups in total. The molecule has 0 spiro atoms. The number of rotatable bonds is 6. The molecule has 0 radical (unpaired) electrons. The molecule has 2 atom stereocenters. The molecular formula is C16H22Cl2N2O3. The maximum atomic E-state index is 12.3. The van der Waals surface area contributed by atoms with Gasteiger partial charge in [0.2, 0.25) is 5.91 Å². The molecule has 0 aromatic heterocycles. The molecule has 1 aromatic carbocycles. The van der Waals surface area contributed by atoms with Crippen LogP contribution in [0, 0.1) is 12.8 Å². The highest BCUT2D eigenvalue weighted by atomic mass is 35.5.